The fourth-order valence-electron chi connectivity index (χ4n) is 4.90. The van der Waals surface area contributed by atoms with E-state index in [4.69, 9.17) is 4.84 Å². The lowest BCUT2D eigenvalue weighted by Crippen LogP contribution is -2.64. The quantitative estimate of drug-likeness (QED) is 0.618. The van der Waals surface area contributed by atoms with Crippen molar-refractivity contribution in [2.45, 2.75) is 64.9 Å². The number of benzene rings is 2. The Morgan fingerprint density at radius 2 is 1.15 bits per heavy atom. The van der Waals surface area contributed by atoms with E-state index in [1.807, 2.05) is 0 Å². The summed E-state index contributed by atoms with van der Waals surface area (Å²) in [6, 6.07) is 24.9. The summed E-state index contributed by atoms with van der Waals surface area (Å²) in [5, 5.41) is 3.31. The Morgan fingerprint density at radius 3 is 1.58 bits per heavy atom. The molecule has 1 atom stereocenters. The SMILES string of the molecule is CC[Si]1(CC)c2ccccc2[Si](CC)(CC)N1OC(C)c1ccccc1. The smallest absolute Gasteiger partial charge is 0.180 e. The summed E-state index contributed by atoms with van der Waals surface area (Å²) in [7, 11) is -3.66. The molecule has 0 aromatic heterocycles. The van der Waals surface area contributed by atoms with E-state index in [0.29, 0.717) is 0 Å². The number of rotatable bonds is 7. The molecule has 0 radical (unpaired) electrons. The van der Waals surface area contributed by atoms with E-state index in [1.54, 1.807) is 10.4 Å². The molecule has 0 amide bonds. The van der Waals surface area contributed by atoms with Crippen LogP contribution < -0.4 is 10.4 Å². The third kappa shape index (κ3) is 2.84. The first-order chi connectivity index (χ1) is 12.6. The van der Waals surface area contributed by atoms with Crippen molar-refractivity contribution in [2.24, 2.45) is 0 Å². The fraction of sp³-hybridized carbons (Fsp3) is 0.455. The van der Waals surface area contributed by atoms with Gasteiger partial charge in [0, 0.05) is 0 Å². The molecule has 0 aliphatic carbocycles. The van der Waals surface area contributed by atoms with Crippen LogP contribution in [0.2, 0.25) is 24.2 Å². The summed E-state index contributed by atoms with van der Waals surface area (Å²) >= 11 is 0. The maximum Gasteiger partial charge on any atom is 0.180 e. The van der Waals surface area contributed by atoms with Gasteiger partial charge in [-0.15, -0.1) is 0 Å². The molecule has 0 fully saturated rings. The first kappa shape index (κ1) is 19.6. The van der Waals surface area contributed by atoms with Gasteiger partial charge >= 0.3 is 0 Å². The van der Waals surface area contributed by atoms with Crippen molar-refractivity contribution in [1.29, 1.82) is 0 Å². The van der Waals surface area contributed by atoms with Crippen molar-refractivity contribution in [3.05, 3.63) is 60.2 Å². The molecule has 0 N–H and O–H groups in total. The highest BCUT2D eigenvalue weighted by Gasteiger charge is 2.59. The van der Waals surface area contributed by atoms with E-state index in [0.717, 1.165) is 0 Å². The molecule has 0 saturated heterocycles. The highest BCUT2D eigenvalue weighted by atomic mass is 28.4. The van der Waals surface area contributed by atoms with Crippen molar-refractivity contribution < 1.29 is 4.84 Å². The number of hydrogen-bond donors (Lipinski definition) is 0. The molecule has 2 aromatic rings. The van der Waals surface area contributed by atoms with Gasteiger partial charge in [0.2, 0.25) is 0 Å². The molecule has 4 heteroatoms. The molecule has 1 heterocycles. The molecule has 26 heavy (non-hydrogen) atoms. The normalized spacial score (nSPS) is 19.3. The van der Waals surface area contributed by atoms with Gasteiger partial charge in [0.05, 0.1) is 6.10 Å². The molecular formula is C22H33NOSi2. The molecule has 2 nitrogen and oxygen atoms in total. The van der Waals surface area contributed by atoms with Gasteiger partial charge in [-0.1, -0.05) is 82.3 Å². The molecule has 2 aromatic carbocycles. The average molecular weight is 384 g/mol. The second-order valence-corrected chi connectivity index (χ2v) is 16.8. The molecular weight excluding hydrogens is 350 g/mol. The third-order valence-corrected chi connectivity index (χ3v) is 18.7. The number of hydrogen-bond acceptors (Lipinski definition) is 2. The zero-order valence-corrected chi connectivity index (χ0v) is 19.0. The highest BCUT2D eigenvalue weighted by molar-refractivity contribution is 7.11. The van der Waals surface area contributed by atoms with Gasteiger partial charge in [-0.25, -0.2) is 4.39 Å². The van der Waals surface area contributed by atoms with Crippen LogP contribution in [0.25, 0.3) is 0 Å². The molecule has 0 saturated carbocycles. The van der Waals surface area contributed by atoms with Crippen LogP contribution in [0.4, 0.5) is 0 Å². The van der Waals surface area contributed by atoms with Crippen molar-refractivity contribution >= 4 is 26.8 Å². The van der Waals surface area contributed by atoms with Gasteiger partial charge in [-0.3, -0.25) is 0 Å². The largest absolute Gasteiger partial charge is 0.304 e. The third-order valence-electron chi connectivity index (χ3n) is 6.58. The van der Waals surface area contributed by atoms with E-state index >= 15 is 0 Å². The number of nitrogens with zero attached hydrogens (tertiary/aromatic N) is 1. The predicted octanol–water partition coefficient (Wildman–Crippen LogP) is 5.08. The fourth-order valence-corrected chi connectivity index (χ4v) is 19.0. The lowest BCUT2D eigenvalue weighted by Gasteiger charge is -2.45. The topological polar surface area (TPSA) is 12.5 Å². The molecule has 3 rings (SSSR count). The Kier molecular flexibility index (Phi) is 5.87. The monoisotopic (exact) mass is 383 g/mol. The van der Waals surface area contributed by atoms with Crippen LogP contribution in [0, 0.1) is 0 Å². The standard InChI is InChI=1S/C22H33NOSi2/c1-6-25(7-2)21-17-13-14-18-22(21)26(8-3,9-4)23(25)24-19(5)20-15-11-10-12-16-20/h10-19H,6-9H2,1-5H3. The van der Waals surface area contributed by atoms with Gasteiger partial charge in [0.1, 0.15) is 0 Å². The molecule has 140 valence electrons. The zero-order valence-electron chi connectivity index (χ0n) is 17.0. The summed E-state index contributed by atoms with van der Waals surface area (Å²) in [4.78, 5) is 6.93. The Balaban J connectivity index is 2.10. The lowest BCUT2D eigenvalue weighted by atomic mass is 10.1. The van der Waals surface area contributed by atoms with Gasteiger partial charge < -0.3 is 4.84 Å². The molecule has 0 spiro atoms. The van der Waals surface area contributed by atoms with Gasteiger partial charge in [0.25, 0.3) is 0 Å². The molecule has 1 aliphatic heterocycles. The van der Waals surface area contributed by atoms with Gasteiger partial charge in [-0.05, 0) is 47.0 Å². The van der Waals surface area contributed by atoms with Crippen LogP contribution >= 0.6 is 0 Å². The van der Waals surface area contributed by atoms with E-state index in [1.165, 1.54) is 29.7 Å². The first-order valence-electron chi connectivity index (χ1n) is 10.2. The summed E-state index contributed by atoms with van der Waals surface area (Å²) in [5.74, 6) is 0. The minimum atomic E-state index is -1.83. The summed E-state index contributed by atoms with van der Waals surface area (Å²) < 4.78 is 2.67. The zero-order chi connectivity index (χ0) is 18.8. The lowest BCUT2D eigenvalue weighted by molar-refractivity contribution is -0.0855. The molecule has 0 bridgehead atoms. The second kappa shape index (κ2) is 7.81. The van der Waals surface area contributed by atoms with Crippen molar-refractivity contribution in [1.82, 2.24) is 4.39 Å². The van der Waals surface area contributed by atoms with Crippen LogP contribution in [0.1, 0.15) is 46.3 Å². The van der Waals surface area contributed by atoms with E-state index in [2.05, 4.69) is 93.6 Å². The van der Waals surface area contributed by atoms with E-state index in [9.17, 15) is 0 Å². The summed E-state index contributed by atoms with van der Waals surface area (Å²) in [5.41, 5.74) is 1.27. The maximum atomic E-state index is 6.93. The maximum absolute atomic E-state index is 6.93. The predicted molar refractivity (Wildman–Crippen MR) is 117 cm³/mol. The van der Waals surface area contributed by atoms with Gasteiger partial charge in [-0.2, -0.15) is 0 Å². The van der Waals surface area contributed by atoms with Crippen LogP contribution in [-0.2, 0) is 4.84 Å². The van der Waals surface area contributed by atoms with Crippen molar-refractivity contribution in [3.63, 3.8) is 0 Å². The van der Waals surface area contributed by atoms with Crippen LogP contribution in [0.3, 0.4) is 0 Å². The second-order valence-electron chi connectivity index (χ2n) is 7.48. The Hall–Kier alpha value is -1.21. The molecule has 1 aliphatic rings. The van der Waals surface area contributed by atoms with E-state index in [-0.39, 0.29) is 6.10 Å². The summed E-state index contributed by atoms with van der Waals surface area (Å²) in [6.07, 6.45) is 0.0977. The van der Waals surface area contributed by atoms with Gasteiger partial charge in [0.15, 0.2) is 16.5 Å². The van der Waals surface area contributed by atoms with Crippen LogP contribution in [0.15, 0.2) is 54.6 Å². The van der Waals surface area contributed by atoms with Crippen molar-refractivity contribution in [2.75, 3.05) is 0 Å². The average Bonchev–Trinajstić information content (AvgIpc) is 2.94. The Morgan fingerprint density at radius 1 is 0.731 bits per heavy atom. The minimum Gasteiger partial charge on any atom is -0.304 e. The summed E-state index contributed by atoms with van der Waals surface area (Å²) in [6.45, 7) is 11.7. The minimum absolute atomic E-state index is 0.0977. The Labute approximate surface area is 161 Å². The van der Waals surface area contributed by atoms with Crippen molar-refractivity contribution in [3.8, 4) is 0 Å². The first-order valence-corrected chi connectivity index (χ1v) is 14.9. The Bertz CT molecular complexity index is 687. The van der Waals surface area contributed by atoms with Crippen LogP contribution in [0.5, 0.6) is 0 Å². The van der Waals surface area contributed by atoms with E-state index < -0.39 is 16.5 Å². The molecule has 1 unspecified atom stereocenters. The van der Waals surface area contributed by atoms with Crippen LogP contribution in [-0.4, -0.2) is 20.9 Å². The number of fused-ring (bicyclic) bond motifs is 1. The highest BCUT2D eigenvalue weighted by Crippen LogP contribution is 2.38.